The van der Waals surface area contributed by atoms with Crippen molar-refractivity contribution in [1.29, 1.82) is 0 Å². The molecular weight excluding hydrogens is 386 g/mol. The number of ether oxygens (including phenoxy) is 1. The van der Waals surface area contributed by atoms with Gasteiger partial charge in [-0.15, -0.1) is 10.2 Å². The Bertz CT molecular complexity index is 867. The van der Waals surface area contributed by atoms with Crippen molar-refractivity contribution in [3.63, 3.8) is 0 Å². The molecule has 0 saturated carbocycles. The summed E-state index contributed by atoms with van der Waals surface area (Å²) in [6.07, 6.45) is 2.65. The molecule has 0 spiro atoms. The monoisotopic (exact) mass is 407 g/mol. The van der Waals surface area contributed by atoms with Gasteiger partial charge < -0.3 is 13.8 Å². The second-order valence-corrected chi connectivity index (χ2v) is 7.28. The zero-order valence-electron chi connectivity index (χ0n) is 15.4. The minimum atomic E-state index is 0.543. The van der Waals surface area contributed by atoms with Crippen LogP contribution in [0.1, 0.15) is 31.5 Å². The highest BCUT2D eigenvalue weighted by Gasteiger charge is 2.17. The van der Waals surface area contributed by atoms with Gasteiger partial charge in [0.05, 0.1) is 10.8 Å². The molecule has 0 fully saturated rings. The maximum Gasteiger partial charge on any atom is 0.237 e. The number of hydrogen-bond donors (Lipinski definition) is 0. The fourth-order valence-electron chi connectivity index (χ4n) is 2.61. The van der Waals surface area contributed by atoms with Gasteiger partial charge in [0.1, 0.15) is 0 Å². The van der Waals surface area contributed by atoms with Gasteiger partial charge in [-0.05, 0) is 25.0 Å². The van der Waals surface area contributed by atoms with Crippen molar-refractivity contribution in [2.75, 3.05) is 13.7 Å². The number of thioether (sulfide) groups is 1. The summed E-state index contributed by atoms with van der Waals surface area (Å²) >= 11 is 7.88. The van der Waals surface area contributed by atoms with E-state index in [0.29, 0.717) is 23.3 Å². The molecule has 0 radical (unpaired) electrons. The summed E-state index contributed by atoms with van der Waals surface area (Å²) in [6.45, 7) is 3.48. The largest absolute Gasteiger partial charge is 0.385 e. The molecule has 144 valence electrons. The first kappa shape index (κ1) is 19.9. The maximum absolute atomic E-state index is 6.36. The summed E-state index contributed by atoms with van der Waals surface area (Å²) in [4.78, 5) is 4.40. The number of aromatic nitrogens is 5. The van der Waals surface area contributed by atoms with Crippen molar-refractivity contribution in [3.05, 3.63) is 41.0 Å². The molecule has 0 aliphatic carbocycles. The smallest absolute Gasteiger partial charge is 0.237 e. The van der Waals surface area contributed by atoms with Gasteiger partial charge in [0.2, 0.25) is 5.89 Å². The van der Waals surface area contributed by atoms with Gasteiger partial charge in [-0.1, -0.05) is 47.6 Å². The third kappa shape index (κ3) is 5.09. The molecule has 3 rings (SSSR count). The summed E-state index contributed by atoms with van der Waals surface area (Å²) < 4.78 is 12.6. The number of aryl methyl sites for hydroxylation is 1. The average molecular weight is 408 g/mol. The highest BCUT2D eigenvalue weighted by atomic mass is 35.5. The molecule has 2 aromatic heterocycles. The van der Waals surface area contributed by atoms with E-state index in [-0.39, 0.29) is 0 Å². The Morgan fingerprint density at radius 1 is 1.26 bits per heavy atom. The highest BCUT2D eigenvalue weighted by molar-refractivity contribution is 7.98. The van der Waals surface area contributed by atoms with Crippen LogP contribution < -0.4 is 0 Å². The van der Waals surface area contributed by atoms with E-state index < -0.39 is 0 Å². The van der Waals surface area contributed by atoms with Crippen molar-refractivity contribution in [2.24, 2.45) is 0 Å². The predicted octanol–water partition coefficient (Wildman–Crippen LogP) is 4.26. The van der Waals surface area contributed by atoms with E-state index in [0.717, 1.165) is 48.2 Å². The molecule has 0 aliphatic heterocycles. The van der Waals surface area contributed by atoms with Gasteiger partial charge in [0.15, 0.2) is 16.8 Å². The number of hydrogen-bond acceptors (Lipinski definition) is 7. The van der Waals surface area contributed by atoms with Gasteiger partial charge in [-0.25, -0.2) is 0 Å². The van der Waals surface area contributed by atoms with Crippen LogP contribution in [0.4, 0.5) is 0 Å². The SMILES string of the molecule is CCCc1noc(CSc2nnc(-c3ccccc3Cl)n2CCCOC)n1. The lowest BCUT2D eigenvalue weighted by molar-refractivity contribution is 0.189. The zero-order valence-corrected chi connectivity index (χ0v) is 17.0. The lowest BCUT2D eigenvalue weighted by Gasteiger charge is -2.10. The summed E-state index contributed by atoms with van der Waals surface area (Å²) in [5.41, 5.74) is 0.860. The minimum Gasteiger partial charge on any atom is -0.385 e. The quantitative estimate of drug-likeness (QED) is 0.367. The van der Waals surface area contributed by atoms with E-state index >= 15 is 0 Å². The Morgan fingerprint density at radius 2 is 2.11 bits per heavy atom. The molecule has 0 bridgehead atoms. The Morgan fingerprint density at radius 3 is 2.89 bits per heavy atom. The summed E-state index contributed by atoms with van der Waals surface area (Å²) in [7, 11) is 1.69. The second kappa shape index (κ2) is 9.87. The van der Waals surface area contributed by atoms with E-state index in [2.05, 4.69) is 31.8 Å². The summed E-state index contributed by atoms with van der Waals surface area (Å²) in [5.74, 6) is 2.62. The van der Waals surface area contributed by atoms with Gasteiger partial charge in [0, 0.05) is 32.2 Å². The van der Waals surface area contributed by atoms with Gasteiger partial charge in [-0.2, -0.15) is 4.98 Å². The van der Waals surface area contributed by atoms with Crippen LogP contribution >= 0.6 is 23.4 Å². The van der Waals surface area contributed by atoms with Crippen molar-refractivity contribution in [1.82, 2.24) is 24.9 Å². The molecule has 0 saturated heterocycles. The van der Waals surface area contributed by atoms with Crippen LogP contribution in [-0.4, -0.2) is 38.6 Å². The molecule has 9 heteroatoms. The van der Waals surface area contributed by atoms with E-state index in [1.165, 1.54) is 11.8 Å². The predicted molar refractivity (Wildman–Crippen MR) is 105 cm³/mol. The van der Waals surface area contributed by atoms with E-state index in [1.54, 1.807) is 7.11 Å². The van der Waals surface area contributed by atoms with Crippen LogP contribution in [0.5, 0.6) is 0 Å². The van der Waals surface area contributed by atoms with Crippen molar-refractivity contribution < 1.29 is 9.26 Å². The molecular formula is C18H22ClN5O2S. The first-order valence-corrected chi connectivity index (χ1v) is 10.2. The summed E-state index contributed by atoms with van der Waals surface area (Å²) in [5, 5.41) is 14.2. The first-order chi connectivity index (χ1) is 13.2. The highest BCUT2D eigenvalue weighted by Crippen LogP contribution is 2.30. The van der Waals surface area contributed by atoms with Gasteiger partial charge in [-0.3, -0.25) is 0 Å². The molecule has 2 heterocycles. The Balaban J connectivity index is 1.80. The number of benzene rings is 1. The molecule has 0 amide bonds. The molecule has 3 aromatic rings. The van der Waals surface area contributed by atoms with Crippen LogP contribution in [0, 0.1) is 0 Å². The maximum atomic E-state index is 6.36. The van der Waals surface area contributed by atoms with Crippen molar-refractivity contribution >= 4 is 23.4 Å². The fourth-order valence-corrected chi connectivity index (χ4v) is 3.63. The van der Waals surface area contributed by atoms with Crippen LogP contribution in [-0.2, 0) is 23.5 Å². The normalized spacial score (nSPS) is 11.2. The topological polar surface area (TPSA) is 78.9 Å². The fraction of sp³-hybridized carbons (Fsp3) is 0.444. The van der Waals surface area contributed by atoms with Crippen LogP contribution in [0.3, 0.4) is 0 Å². The average Bonchev–Trinajstić information content (AvgIpc) is 3.28. The van der Waals surface area contributed by atoms with Crippen LogP contribution in [0.2, 0.25) is 5.02 Å². The third-order valence-electron chi connectivity index (χ3n) is 3.87. The molecule has 0 unspecified atom stereocenters. The molecule has 27 heavy (non-hydrogen) atoms. The Labute approximate surface area is 167 Å². The number of halogens is 1. The number of rotatable bonds is 10. The standard InChI is InChI=1S/C18H22ClN5O2S/c1-3-7-15-20-16(26-23-15)12-27-18-22-21-17(24(18)10-6-11-25-2)13-8-4-5-9-14(13)19/h4-5,8-9H,3,6-7,10-12H2,1-2H3. The lowest BCUT2D eigenvalue weighted by Crippen LogP contribution is -2.05. The van der Waals surface area contributed by atoms with E-state index in [4.69, 9.17) is 20.9 Å². The molecule has 0 atom stereocenters. The van der Waals surface area contributed by atoms with Crippen molar-refractivity contribution in [2.45, 2.75) is 43.6 Å². The van der Waals surface area contributed by atoms with Crippen molar-refractivity contribution in [3.8, 4) is 11.4 Å². The van der Waals surface area contributed by atoms with Crippen LogP contribution in [0.25, 0.3) is 11.4 Å². The third-order valence-corrected chi connectivity index (χ3v) is 5.15. The number of nitrogens with zero attached hydrogens (tertiary/aromatic N) is 5. The zero-order chi connectivity index (χ0) is 19.1. The molecule has 0 aliphatic rings. The molecule has 1 aromatic carbocycles. The van der Waals surface area contributed by atoms with E-state index in [9.17, 15) is 0 Å². The Kier molecular flexibility index (Phi) is 7.25. The number of methoxy groups -OCH3 is 1. The first-order valence-electron chi connectivity index (χ1n) is 8.84. The summed E-state index contributed by atoms with van der Waals surface area (Å²) in [6, 6.07) is 7.64. The second-order valence-electron chi connectivity index (χ2n) is 5.93. The minimum absolute atomic E-state index is 0.543. The molecule has 7 nitrogen and oxygen atoms in total. The van der Waals surface area contributed by atoms with E-state index in [1.807, 2.05) is 24.3 Å². The lowest BCUT2D eigenvalue weighted by atomic mass is 10.2. The Hall–Kier alpha value is -1.90. The molecule has 0 N–H and O–H groups in total. The van der Waals surface area contributed by atoms with Gasteiger partial charge in [0.25, 0.3) is 0 Å². The van der Waals surface area contributed by atoms with Crippen LogP contribution in [0.15, 0.2) is 33.9 Å². The van der Waals surface area contributed by atoms with Gasteiger partial charge >= 0.3 is 0 Å².